The van der Waals surface area contributed by atoms with Gasteiger partial charge < -0.3 is 10.1 Å². The lowest BCUT2D eigenvalue weighted by Gasteiger charge is -2.37. The predicted octanol–water partition coefficient (Wildman–Crippen LogP) is 4.00. The van der Waals surface area contributed by atoms with Crippen LogP contribution in [0.2, 0.25) is 0 Å². The Labute approximate surface area is 119 Å². The maximum Gasteiger partial charge on any atom is 0.0622 e. The van der Waals surface area contributed by atoms with Gasteiger partial charge in [0.1, 0.15) is 0 Å². The molecule has 0 heterocycles. The Bertz CT molecular complexity index is 272. The molecular formula is C17H33NO. The van der Waals surface area contributed by atoms with Gasteiger partial charge in [-0.15, -0.1) is 0 Å². The van der Waals surface area contributed by atoms with Crippen molar-refractivity contribution >= 4 is 0 Å². The zero-order chi connectivity index (χ0) is 13.9. The summed E-state index contributed by atoms with van der Waals surface area (Å²) >= 11 is 0. The first kappa shape index (κ1) is 15.3. The average molecular weight is 267 g/mol. The van der Waals surface area contributed by atoms with E-state index in [1.165, 1.54) is 51.5 Å². The molecule has 2 rings (SSSR count). The first-order valence-corrected chi connectivity index (χ1v) is 8.28. The van der Waals surface area contributed by atoms with Gasteiger partial charge in [-0.05, 0) is 76.7 Å². The molecule has 0 aliphatic heterocycles. The van der Waals surface area contributed by atoms with Crippen LogP contribution in [-0.2, 0) is 4.74 Å². The van der Waals surface area contributed by atoms with Gasteiger partial charge in [0.15, 0.2) is 0 Å². The summed E-state index contributed by atoms with van der Waals surface area (Å²) in [5.41, 5.74) is 0.0508. The Morgan fingerprint density at radius 2 is 1.84 bits per heavy atom. The molecular weight excluding hydrogens is 234 g/mol. The molecule has 19 heavy (non-hydrogen) atoms. The lowest BCUT2D eigenvalue weighted by atomic mass is 9.72. The Kier molecular flexibility index (Phi) is 5.30. The fourth-order valence-electron chi connectivity index (χ4n) is 3.42. The Morgan fingerprint density at radius 1 is 1.11 bits per heavy atom. The van der Waals surface area contributed by atoms with Crippen molar-refractivity contribution in [1.82, 2.24) is 5.32 Å². The van der Waals surface area contributed by atoms with Crippen LogP contribution in [0.1, 0.15) is 65.7 Å². The molecule has 2 aliphatic carbocycles. The van der Waals surface area contributed by atoms with E-state index in [0.29, 0.717) is 0 Å². The van der Waals surface area contributed by atoms with Crippen molar-refractivity contribution in [2.24, 2.45) is 17.8 Å². The van der Waals surface area contributed by atoms with Crippen LogP contribution in [0.5, 0.6) is 0 Å². The Morgan fingerprint density at radius 3 is 2.47 bits per heavy atom. The fourth-order valence-corrected chi connectivity index (χ4v) is 3.42. The van der Waals surface area contributed by atoms with E-state index in [1.54, 1.807) is 0 Å². The quantitative estimate of drug-likeness (QED) is 0.753. The largest absolute Gasteiger partial charge is 0.379 e. The van der Waals surface area contributed by atoms with Gasteiger partial charge in [0.25, 0.3) is 0 Å². The maximum atomic E-state index is 5.58. The minimum atomic E-state index is 0.0508. The Balaban J connectivity index is 1.80. The number of nitrogens with one attached hydrogen (secondary N) is 1. The number of hydrogen-bond acceptors (Lipinski definition) is 2. The van der Waals surface area contributed by atoms with E-state index < -0.39 is 0 Å². The second kappa shape index (κ2) is 6.58. The van der Waals surface area contributed by atoms with Gasteiger partial charge in [0.2, 0.25) is 0 Å². The Hall–Kier alpha value is -0.0800. The molecule has 0 saturated heterocycles. The highest BCUT2D eigenvalue weighted by atomic mass is 16.5. The number of methoxy groups -OCH3 is 1. The molecule has 0 aromatic carbocycles. The lowest BCUT2D eigenvalue weighted by Crippen LogP contribution is -2.35. The van der Waals surface area contributed by atoms with Crippen molar-refractivity contribution in [2.75, 3.05) is 13.7 Å². The first-order chi connectivity index (χ1) is 9.00. The zero-order valence-electron chi connectivity index (χ0n) is 13.4. The van der Waals surface area contributed by atoms with Gasteiger partial charge in [-0.3, -0.25) is 0 Å². The van der Waals surface area contributed by atoms with Gasteiger partial charge in [-0.1, -0.05) is 13.3 Å². The summed E-state index contributed by atoms with van der Waals surface area (Å²) in [7, 11) is 1.84. The normalized spacial score (nSPS) is 32.5. The summed E-state index contributed by atoms with van der Waals surface area (Å²) < 4.78 is 5.58. The molecule has 3 unspecified atom stereocenters. The molecule has 2 heteroatoms. The highest BCUT2D eigenvalue weighted by Crippen LogP contribution is 2.38. The van der Waals surface area contributed by atoms with E-state index in [2.05, 4.69) is 26.1 Å². The third-order valence-corrected chi connectivity index (χ3v) is 5.32. The molecule has 2 nitrogen and oxygen atoms in total. The zero-order valence-corrected chi connectivity index (χ0v) is 13.4. The molecule has 0 aromatic rings. The van der Waals surface area contributed by atoms with Crippen LogP contribution in [0.4, 0.5) is 0 Å². The third kappa shape index (κ3) is 5.07. The van der Waals surface area contributed by atoms with Crippen LogP contribution in [0, 0.1) is 17.8 Å². The van der Waals surface area contributed by atoms with E-state index in [9.17, 15) is 0 Å². The van der Waals surface area contributed by atoms with Crippen LogP contribution in [-0.4, -0.2) is 25.3 Å². The summed E-state index contributed by atoms with van der Waals surface area (Å²) in [6, 6.07) is 0.857. The molecule has 2 fully saturated rings. The lowest BCUT2D eigenvalue weighted by molar-refractivity contribution is 0.00479. The van der Waals surface area contributed by atoms with Gasteiger partial charge in [-0.25, -0.2) is 0 Å². The number of rotatable bonds is 7. The van der Waals surface area contributed by atoms with Crippen molar-refractivity contribution in [1.29, 1.82) is 0 Å². The fraction of sp³-hybridized carbons (Fsp3) is 1.00. The predicted molar refractivity (Wildman–Crippen MR) is 81.3 cm³/mol. The van der Waals surface area contributed by atoms with E-state index in [1.807, 2.05) is 7.11 Å². The topological polar surface area (TPSA) is 21.3 Å². The smallest absolute Gasteiger partial charge is 0.0622 e. The average Bonchev–Trinajstić information content (AvgIpc) is 3.19. The van der Waals surface area contributed by atoms with E-state index >= 15 is 0 Å². The summed E-state index contributed by atoms with van der Waals surface area (Å²) in [6.07, 6.45) is 9.63. The number of hydrogen-bond donors (Lipinski definition) is 1. The van der Waals surface area contributed by atoms with E-state index in [4.69, 9.17) is 4.74 Å². The summed E-state index contributed by atoms with van der Waals surface area (Å²) in [5, 5.41) is 3.75. The molecule has 2 saturated carbocycles. The first-order valence-electron chi connectivity index (χ1n) is 8.28. The maximum absolute atomic E-state index is 5.58. The molecule has 0 aromatic heterocycles. The van der Waals surface area contributed by atoms with Gasteiger partial charge >= 0.3 is 0 Å². The van der Waals surface area contributed by atoms with E-state index in [0.717, 1.165) is 23.8 Å². The van der Waals surface area contributed by atoms with Crippen molar-refractivity contribution in [3.63, 3.8) is 0 Å². The van der Waals surface area contributed by atoms with Crippen molar-refractivity contribution in [3.8, 4) is 0 Å². The van der Waals surface area contributed by atoms with Crippen LogP contribution in [0.3, 0.4) is 0 Å². The van der Waals surface area contributed by atoms with Crippen LogP contribution >= 0.6 is 0 Å². The van der Waals surface area contributed by atoms with Gasteiger partial charge in [0, 0.05) is 13.2 Å². The monoisotopic (exact) mass is 267 g/mol. The molecule has 0 spiro atoms. The SMILES string of the molecule is COC(C)(C)CCC1CC(C)CCC1CNC1CC1. The van der Waals surface area contributed by atoms with Crippen molar-refractivity contribution in [3.05, 3.63) is 0 Å². The standard InChI is InChI=1S/C17H33NO/c1-13-5-6-15(12-18-16-7-8-16)14(11-13)9-10-17(2,3)19-4/h13-16,18H,5-12H2,1-4H3. The van der Waals surface area contributed by atoms with Gasteiger partial charge in [-0.2, -0.15) is 0 Å². The second-order valence-corrected chi connectivity index (χ2v) is 7.62. The summed E-state index contributed by atoms with van der Waals surface area (Å²) in [6.45, 7) is 8.13. The minimum Gasteiger partial charge on any atom is -0.379 e. The summed E-state index contributed by atoms with van der Waals surface area (Å²) in [5.74, 6) is 2.74. The molecule has 0 amide bonds. The van der Waals surface area contributed by atoms with Crippen molar-refractivity contribution < 1.29 is 4.74 Å². The van der Waals surface area contributed by atoms with E-state index in [-0.39, 0.29) is 5.60 Å². The molecule has 0 radical (unpaired) electrons. The molecule has 1 N–H and O–H groups in total. The van der Waals surface area contributed by atoms with Crippen LogP contribution in [0.25, 0.3) is 0 Å². The molecule has 112 valence electrons. The number of ether oxygens (including phenoxy) is 1. The van der Waals surface area contributed by atoms with Crippen LogP contribution in [0.15, 0.2) is 0 Å². The molecule has 2 aliphatic rings. The van der Waals surface area contributed by atoms with Crippen LogP contribution < -0.4 is 5.32 Å². The minimum absolute atomic E-state index is 0.0508. The summed E-state index contributed by atoms with van der Waals surface area (Å²) in [4.78, 5) is 0. The molecule has 0 bridgehead atoms. The highest BCUT2D eigenvalue weighted by Gasteiger charge is 2.31. The van der Waals surface area contributed by atoms with Crippen molar-refractivity contribution in [2.45, 2.75) is 77.4 Å². The third-order valence-electron chi connectivity index (χ3n) is 5.32. The molecule has 3 atom stereocenters. The highest BCUT2D eigenvalue weighted by molar-refractivity contribution is 4.86. The second-order valence-electron chi connectivity index (χ2n) is 7.62. The van der Waals surface area contributed by atoms with Gasteiger partial charge in [0.05, 0.1) is 5.60 Å².